The van der Waals surface area contributed by atoms with E-state index in [0.29, 0.717) is 30.2 Å². The van der Waals surface area contributed by atoms with Crippen LogP contribution < -0.4 is 10.1 Å². The van der Waals surface area contributed by atoms with Gasteiger partial charge in [-0.3, -0.25) is 9.59 Å². The summed E-state index contributed by atoms with van der Waals surface area (Å²) >= 11 is 0. The first-order valence-corrected chi connectivity index (χ1v) is 14.0. The maximum absolute atomic E-state index is 14.1. The fraction of sp³-hybridized carbons (Fsp3) is 0.548. The molecule has 214 valence electrons. The molecule has 0 fully saturated rings. The van der Waals surface area contributed by atoms with Crippen molar-refractivity contribution in [3.05, 3.63) is 59.7 Å². The van der Waals surface area contributed by atoms with Crippen LogP contribution in [-0.4, -0.2) is 85.4 Å². The summed E-state index contributed by atoms with van der Waals surface area (Å²) in [4.78, 5) is 30.6. The minimum atomic E-state index is -0.408. The summed E-state index contributed by atoms with van der Waals surface area (Å²) < 4.78 is 12.6. The Balaban J connectivity index is 1.93. The van der Waals surface area contributed by atoms with Crippen molar-refractivity contribution < 1.29 is 24.2 Å². The highest BCUT2D eigenvalue weighted by Gasteiger charge is 2.30. The molecule has 0 spiro atoms. The Labute approximate surface area is 233 Å². The number of rotatable bonds is 7. The number of hydrogen-bond donors (Lipinski definition) is 2. The number of nitrogens with zero attached hydrogens (tertiary/aromatic N) is 2. The van der Waals surface area contributed by atoms with E-state index < -0.39 is 6.04 Å². The number of aliphatic hydroxyl groups is 1. The third-order valence-electron chi connectivity index (χ3n) is 7.09. The molecule has 39 heavy (non-hydrogen) atoms. The van der Waals surface area contributed by atoms with E-state index in [1.165, 1.54) is 0 Å². The van der Waals surface area contributed by atoms with Gasteiger partial charge < -0.3 is 29.7 Å². The van der Waals surface area contributed by atoms with Crippen LogP contribution in [0.2, 0.25) is 0 Å². The minimum absolute atomic E-state index is 0.0327. The lowest BCUT2D eigenvalue weighted by Crippen LogP contribution is -2.47. The molecule has 2 amide bonds. The number of carbonyl (C=O) groups is 2. The molecule has 2 aromatic carbocycles. The SMILES string of the molecule is C[C@H]1CCCCO[C@@H](CN(C)C)[C@@H](C)CN([C@@H](C)CO)C(=O)c2cc(NC(=O)Cc3ccccc3)ccc2O1. The molecule has 1 aliphatic rings. The van der Waals surface area contributed by atoms with Crippen LogP contribution in [0, 0.1) is 5.92 Å². The number of likely N-dealkylation sites (N-methyl/N-ethyl adjacent to an activating group) is 1. The quantitative estimate of drug-likeness (QED) is 0.548. The van der Waals surface area contributed by atoms with Crippen molar-refractivity contribution in [2.75, 3.05) is 45.7 Å². The van der Waals surface area contributed by atoms with E-state index in [2.05, 4.69) is 17.1 Å². The summed E-state index contributed by atoms with van der Waals surface area (Å²) in [7, 11) is 4.03. The average Bonchev–Trinajstić information content (AvgIpc) is 2.90. The molecular weight excluding hydrogens is 494 g/mol. The normalized spacial score (nSPS) is 22.0. The maximum atomic E-state index is 14.1. The van der Waals surface area contributed by atoms with Crippen LogP contribution in [0.1, 0.15) is 56.0 Å². The van der Waals surface area contributed by atoms with Gasteiger partial charge in [-0.05, 0) is 71.0 Å². The Hall–Kier alpha value is -2.94. The number of anilines is 1. The zero-order valence-electron chi connectivity index (χ0n) is 24.1. The number of aliphatic hydroxyl groups excluding tert-OH is 1. The predicted molar refractivity (Wildman–Crippen MR) is 154 cm³/mol. The van der Waals surface area contributed by atoms with Gasteiger partial charge in [0.25, 0.3) is 5.91 Å². The van der Waals surface area contributed by atoms with Crippen molar-refractivity contribution in [1.82, 2.24) is 9.80 Å². The first kappa shape index (κ1) is 30.6. The van der Waals surface area contributed by atoms with Crippen molar-refractivity contribution in [2.24, 2.45) is 5.92 Å². The number of hydrogen-bond acceptors (Lipinski definition) is 6. The van der Waals surface area contributed by atoms with Crippen LogP contribution in [0.5, 0.6) is 5.75 Å². The zero-order chi connectivity index (χ0) is 28.4. The fourth-order valence-corrected chi connectivity index (χ4v) is 4.81. The molecule has 0 unspecified atom stereocenters. The largest absolute Gasteiger partial charge is 0.490 e. The Kier molecular flexibility index (Phi) is 11.8. The lowest BCUT2D eigenvalue weighted by molar-refractivity contribution is -0.115. The van der Waals surface area contributed by atoms with Crippen LogP contribution in [-0.2, 0) is 16.0 Å². The van der Waals surface area contributed by atoms with Crippen molar-refractivity contribution in [3.63, 3.8) is 0 Å². The number of amides is 2. The van der Waals surface area contributed by atoms with Crippen LogP contribution in [0.15, 0.2) is 48.5 Å². The predicted octanol–water partition coefficient (Wildman–Crippen LogP) is 4.22. The third-order valence-corrected chi connectivity index (χ3v) is 7.09. The molecule has 0 aromatic heterocycles. The average molecular weight is 540 g/mol. The second-order valence-electron chi connectivity index (χ2n) is 11.0. The van der Waals surface area contributed by atoms with E-state index in [0.717, 1.165) is 31.4 Å². The molecule has 0 aliphatic carbocycles. The molecular formula is C31H45N3O5. The molecule has 2 N–H and O–H groups in total. The van der Waals surface area contributed by atoms with Gasteiger partial charge in [-0.15, -0.1) is 0 Å². The summed E-state index contributed by atoms with van der Waals surface area (Å²) in [5, 5.41) is 13.0. The fourth-order valence-electron chi connectivity index (χ4n) is 4.81. The molecule has 1 heterocycles. The smallest absolute Gasteiger partial charge is 0.258 e. The monoisotopic (exact) mass is 539 g/mol. The van der Waals surface area contributed by atoms with E-state index in [1.807, 2.05) is 58.3 Å². The number of benzene rings is 2. The summed E-state index contributed by atoms with van der Waals surface area (Å²) in [5.41, 5.74) is 1.81. The van der Waals surface area contributed by atoms with Crippen molar-refractivity contribution in [1.29, 1.82) is 0 Å². The number of carbonyl (C=O) groups excluding carboxylic acids is 2. The van der Waals surface area contributed by atoms with Gasteiger partial charge in [0.1, 0.15) is 5.75 Å². The van der Waals surface area contributed by atoms with Gasteiger partial charge >= 0.3 is 0 Å². The first-order valence-electron chi connectivity index (χ1n) is 14.0. The van der Waals surface area contributed by atoms with E-state index in [-0.39, 0.29) is 43.0 Å². The zero-order valence-corrected chi connectivity index (χ0v) is 24.1. The molecule has 8 heteroatoms. The van der Waals surface area contributed by atoms with Crippen molar-refractivity contribution in [2.45, 2.75) is 64.7 Å². The number of ether oxygens (including phenoxy) is 2. The molecule has 1 aliphatic heterocycles. The first-order chi connectivity index (χ1) is 18.7. The van der Waals surface area contributed by atoms with Gasteiger partial charge in [0.2, 0.25) is 5.91 Å². The van der Waals surface area contributed by atoms with E-state index in [1.54, 1.807) is 23.1 Å². The van der Waals surface area contributed by atoms with Gasteiger partial charge in [-0.2, -0.15) is 0 Å². The van der Waals surface area contributed by atoms with Gasteiger partial charge in [0.05, 0.1) is 36.8 Å². The summed E-state index contributed by atoms with van der Waals surface area (Å²) in [6, 6.07) is 14.3. The molecule has 0 saturated heterocycles. The summed E-state index contributed by atoms with van der Waals surface area (Å²) in [6.45, 7) is 7.57. The van der Waals surface area contributed by atoms with E-state index in [4.69, 9.17) is 9.47 Å². The lowest BCUT2D eigenvalue weighted by atomic mass is 10.0. The van der Waals surface area contributed by atoms with Crippen LogP contribution in [0.4, 0.5) is 5.69 Å². The molecule has 0 saturated carbocycles. The van der Waals surface area contributed by atoms with Gasteiger partial charge in [-0.25, -0.2) is 0 Å². The molecule has 4 atom stereocenters. The molecule has 3 rings (SSSR count). The maximum Gasteiger partial charge on any atom is 0.258 e. The summed E-state index contributed by atoms with van der Waals surface area (Å²) in [6.07, 6.45) is 2.79. The topological polar surface area (TPSA) is 91.3 Å². The second kappa shape index (κ2) is 15.0. The van der Waals surface area contributed by atoms with Crippen molar-refractivity contribution in [3.8, 4) is 5.75 Å². The van der Waals surface area contributed by atoms with Gasteiger partial charge in [0.15, 0.2) is 0 Å². The Morgan fingerprint density at radius 1 is 1.15 bits per heavy atom. The summed E-state index contributed by atoms with van der Waals surface area (Å²) in [5.74, 6) is 0.104. The van der Waals surface area contributed by atoms with E-state index in [9.17, 15) is 14.7 Å². The standard InChI is InChI=1S/C31H45N3O5/c1-22-19-34(23(2)21-35)31(37)27-18-26(32-30(36)17-25-12-7-6-8-13-25)14-15-28(27)39-24(3)11-9-10-16-38-29(22)20-33(4)5/h6-8,12-15,18,22-24,29,35H,9-11,16-17,19-21H2,1-5H3,(H,32,36)/t22-,23-,24-,29-/m0/s1. The Morgan fingerprint density at radius 2 is 1.90 bits per heavy atom. The molecule has 0 bridgehead atoms. The van der Waals surface area contributed by atoms with Gasteiger partial charge in [-0.1, -0.05) is 37.3 Å². The third kappa shape index (κ3) is 9.34. The Morgan fingerprint density at radius 3 is 2.59 bits per heavy atom. The highest BCUT2D eigenvalue weighted by molar-refractivity contribution is 6.00. The van der Waals surface area contributed by atoms with Crippen LogP contribution in [0.3, 0.4) is 0 Å². The lowest BCUT2D eigenvalue weighted by Gasteiger charge is -2.35. The van der Waals surface area contributed by atoms with Gasteiger partial charge in [0, 0.05) is 31.3 Å². The van der Waals surface area contributed by atoms with Crippen LogP contribution >= 0.6 is 0 Å². The highest BCUT2D eigenvalue weighted by Crippen LogP contribution is 2.28. The van der Waals surface area contributed by atoms with E-state index >= 15 is 0 Å². The molecule has 2 aromatic rings. The van der Waals surface area contributed by atoms with Crippen LogP contribution in [0.25, 0.3) is 0 Å². The number of nitrogens with one attached hydrogen (secondary N) is 1. The van der Waals surface area contributed by atoms with Crippen molar-refractivity contribution >= 4 is 17.5 Å². The second-order valence-corrected chi connectivity index (χ2v) is 11.0. The highest BCUT2D eigenvalue weighted by atomic mass is 16.5. The minimum Gasteiger partial charge on any atom is -0.490 e. The molecule has 8 nitrogen and oxygen atoms in total. The number of fused-ring (bicyclic) bond motifs is 1. The molecule has 0 radical (unpaired) electrons. The Bertz CT molecular complexity index is 1060.